The molecule has 1 aliphatic heterocycles. The molecular weight excluding hydrogens is 186 g/mol. The summed E-state index contributed by atoms with van der Waals surface area (Å²) in [7, 11) is 0. The van der Waals surface area contributed by atoms with Gasteiger partial charge in [-0.3, -0.25) is 0 Å². The van der Waals surface area contributed by atoms with E-state index in [1.54, 1.807) is 12.1 Å². The molecule has 2 heteroatoms. The van der Waals surface area contributed by atoms with Crippen LogP contribution in [0.1, 0.15) is 31.9 Å². The van der Waals surface area contributed by atoms with Gasteiger partial charge in [0.15, 0.2) is 0 Å². The van der Waals surface area contributed by atoms with Crippen LogP contribution in [0.2, 0.25) is 0 Å². The SMILES string of the molecule is C=C1c2cc(O)ccc2CN1CC.CC. The first-order valence-electron chi connectivity index (χ1n) is 5.48. The minimum atomic E-state index is 0.317. The molecule has 1 heterocycles. The molecular formula is C13H19NO. The summed E-state index contributed by atoms with van der Waals surface area (Å²) in [4.78, 5) is 2.20. The lowest BCUT2D eigenvalue weighted by Gasteiger charge is -2.15. The number of benzene rings is 1. The van der Waals surface area contributed by atoms with Crippen molar-refractivity contribution in [3.63, 3.8) is 0 Å². The minimum Gasteiger partial charge on any atom is -0.508 e. The highest BCUT2D eigenvalue weighted by Crippen LogP contribution is 2.33. The first kappa shape index (κ1) is 11.6. The molecule has 0 saturated carbocycles. The Hall–Kier alpha value is -1.44. The summed E-state index contributed by atoms with van der Waals surface area (Å²) in [5, 5.41) is 9.31. The lowest BCUT2D eigenvalue weighted by Crippen LogP contribution is -2.13. The molecule has 1 N–H and O–H groups in total. The summed E-state index contributed by atoms with van der Waals surface area (Å²) < 4.78 is 0. The molecule has 0 radical (unpaired) electrons. The number of aromatic hydroxyl groups is 1. The molecule has 2 rings (SSSR count). The molecule has 0 fully saturated rings. The Morgan fingerprint density at radius 2 is 2.07 bits per heavy atom. The van der Waals surface area contributed by atoms with E-state index in [1.807, 2.05) is 19.9 Å². The molecule has 0 spiro atoms. The molecule has 1 aromatic rings. The fourth-order valence-corrected chi connectivity index (χ4v) is 1.75. The monoisotopic (exact) mass is 205 g/mol. The lowest BCUT2D eigenvalue weighted by atomic mass is 10.1. The molecule has 0 saturated heterocycles. The van der Waals surface area contributed by atoms with Gasteiger partial charge in [-0.15, -0.1) is 0 Å². The third-order valence-electron chi connectivity index (χ3n) is 2.53. The van der Waals surface area contributed by atoms with E-state index in [0.29, 0.717) is 5.75 Å². The Morgan fingerprint density at radius 3 is 2.67 bits per heavy atom. The first-order chi connectivity index (χ1) is 7.22. The quantitative estimate of drug-likeness (QED) is 0.761. The second-order valence-electron chi connectivity index (χ2n) is 3.30. The molecule has 15 heavy (non-hydrogen) atoms. The second kappa shape index (κ2) is 4.87. The number of nitrogens with zero attached hydrogens (tertiary/aromatic N) is 1. The summed E-state index contributed by atoms with van der Waals surface area (Å²) in [5.41, 5.74) is 3.36. The molecule has 0 aliphatic carbocycles. The van der Waals surface area contributed by atoms with E-state index in [-0.39, 0.29) is 0 Å². The molecule has 0 bridgehead atoms. The average molecular weight is 205 g/mol. The van der Waals surface area contributed by atoms with Gasteiger partial charge in [-0.1, -0.05) is 26.5 Å². The Labute approximate surface area is 91.9 Å². The van der Waals surface area contributed by atoms with Crippen LogP contribution in [-0.4, -0.2) is 16.6 Å². The van der Waals surface area contributed by atoms with Crippen LogP contribution in [0.25, 0.3) is 5.70 Å². The second-order valence-corrected chi connectivity index (χ2v) is 3.30. The Kier molecular flexibility index (Phi) is 3.78. The fraction of sp³-hybridized carbons (Fsp3) is 0.385. The van der Waals surface area contributed by atoms with Crippen LogP contribution in [-0.2, 0) is 6.54 Å². The van der Waals surface area contributed by atoms with Gasteiger partial charge < -0.3 is 10.0 Å². The van der Waals surface area contributed by atoms with Gasteiger partial charge in [0.25, 0.3) is 0 Å². The van der Waals surface area contributed by atoms with E-state index in [1.165, 1.54) is 5.56 Å². The summed E-state index contributed by atoms with van der Waals surface area (Å²) in [5.74, 6) is 0.317. The first-order valence-corrected chi connectivity index (χ1v) is 5.48. The van der Waals surface area contributed by atoms with Crippen molar-refractivity contribution < 1.29 is 5.11 Å². The van der Waals surface area contributed by atoms with E-state index < -0.39 is 0 Å². The lowest BCUT2D eigenvalue weighted by molar-refractivity contribution is 0.434. The van der Waals surface area contributed by atoms with Gasteiger partial charge in [0.05, 0.1) is 0 Å². The molecule has 1 aliphatic rings. The summed E-state index contributed by atoms with van der Waals surface area (Å²) in [6.07, 6.45) is 0. The van der Waals surface area contributed by atoms with E-state index in [9.17, 15) is 5.11 Å². The number of phenols is 1. The van der Waals surface area contributed by atoms with Gasteiger partial charge in [0.1, 0.15) is 5.75 Å². The zero-order chi connectivity index (χ0) is 11.4. The number of hydrogen-bond acceptors (Lipinski definition) is 2. The largest absolute Gasteiger partial charge is 0.508 e. The fourth-order valence-electron chi connectivity index (χ4n) is 1.75. The zero-order valence-electron chi connectivity index (χ0n) is 9.75. The van der Waals surface area contributed by atoms with Crippen molar-refractivity contribution in [1.82, 2.24) is 4.90 Å². The number of rotatable bonds is 1. The predicted octanol–water partition coefficient (Wildman–Crippen LogP) is 3.22. The third kappa shape index (κ3) is 2.14. The normalized spacial score (nSPS) is 13.3. The van der Waals surface area contributed by atoms with Crippen LogP contribution in [0, 0.1) is 0 Å². The molecule has 0 amide bonds. The van der Waals surface area contributed by atoms with Crippen molar-refractivity contribution in [1.29, 1.82) is 0 Å². The van der Waals surface area contributed by atoms with Crippen molar-refractivity contribution in [2.45, 2.75) is 27.3 Å². The molecule has 1 aromatic carbocycles. The van der Waals surface area contributed by atoms with Gasteiger partial charge in [-0.05, 0) is 24.6 Å². The van der Waals surface area contributed by atoms with Gasteiger partial charge in [-0.2, -0.15) is 0 Å². The Morgan fingerprint density at radius 1 is 1.40 bits per heavy atom. The van der Waals surface area contributed by atoms with Crippen molar-refractivity contribution in [3.8, 4) is 5.75 Å². The Bertz CT molecular complexity index is 358. The minimum absolute atomic E-state index is 0.317. The molecule has 0 aromatic heterocycles. The van der Waals surface area contributed by atoms with Gasteiger partial charge in [0, 0.05) is 24.4 Å². The van der Waals surface area contributed by atoms with Crippen LogP contribution >= 0.6 is 0 Å². The summed E-state index contributed by atoms with van der Waals surface area (Å²) >= 11 is 0. The summed E-state index contributed by atoms with van der Waals surface area (Å²) in [6.45, 7) is 12.0. The number of hydrogen-bond donors (Lipinski definition) is 1. The topological polar surface area (TPSA) is 23.5 Å². The smallest absolute Gasteiger partial charge is 0.116 e. The van der Waals surface area contributed by atoms with Crippen LogP contribution in [0.15, 0.2) is 24.8 Å². The highest BCUT2D eigenvalue weighted by molar-refractivity contribution is 5.70. The predicted molar refractivity (Wildman–Crippen MR) is 64.6 cm³/mol. The highest BCUT2D eigenvalue weighted by Gasteiger charge is 2.20. The maximum absolute atomic E-state index is 9.31. The van der Waals surface area contributed by atoms with Crippen LogP contribution in [0.5, 0.6) is 5.75 Å². The number of fused-ring (bicyclic) bond motifs is 1. The van der Waals surface area contributed by atoms with E-state index >= 15 is 0 Å². The van der Waals surface area contributed by atoms with Crippen LogP contribution in [0.4, 0.5) is 0 Å². The van der Waals surface area contributed by atoms with Crippen molar-refractivity contribution in [2.75, 3.05) is 6.54 Å². The van der Waals surface area contributed by atoms with Crippen LogP contribution in [0.3, 0.4) is 0 Å². The van der Waals surface area contributed by atoms with Crippen LogP contribution < -0.4 is 0 Å². The molecule has 0 unspecified atom stereocenters. The molecule has 82 valence electrons. The van der Waals surface area contributed by atoms with Crippen molar-refractivity contribution in [3.05, 3.63) is 35.9 Å². The van der Waals surface area contributed by atoms with Gasteiger partial charge in [0.2, 0.25) is 0 Å². The number of phenolic OH excluding ortho intramolecular Hbond substituents is 1. The van der Waals surface area contributed by atoms with E-state index in [2.05, 4.69) is 18.4 Å². The van der Waals surface area contributed by atoms with Crippen molar-refractivity contribution in [2.24, 2.45) is 0 Å². The average Bonchev–Trinajstić information content (AvgIpc) is 2.59. The molecule has 2 nitrogen and oxygen atoms in total. The van der Waals surface area contributed by atoms with E-state index in [0.717, 1.165) is 24.4 Å². The zero-order valence-corrected chi connectivity index (χ0v) is 9.75. The maximum Gasteiger partial charge on any atom is 0.116 e. The maximum atomic E-state index is 9.31. The summed E-state index contributed by atoms with van der Waals surface area (Å²) in [6, 6.07) is 5.48. The standard InChI is InChI=1S/C11H13NO.C2H6/c1-3-12-7-9-4-5-10(13)6-11(9)8(12)2;1-2/h4-6,13H,2-3,7H2,1H3;1-2H3. The van der Waals surface area contributed by atoms with E-state index in [4.69, 9.17) is 0 Å². The third-order valence-corrected chi connectivity index (χ3v) is 2.53. The van der Waals surface area contributed by atoms with Gasteiger partial charge >= 0.3 is 0 Å². The highest BCUT2D eigenvalue weighted by atomic mass is 16.3. The van der Waals surface area contributed by atoms with Crippen molar-refractivity contribution >= 4 is 5.70 Å². The molecule has 0 atom stereocenters. The Balaban J connectivity index is 0.000000531. The van der Waals surface area contributed by atoms with Gasteiger partial charge in [-0.25, -0.2) is 0 Å².